The third-order valence-electron chi connectivity index (χ3n) is 5.02. The van der Waals surface area contributed by atoms with Crippen LogP contribution in [0.3, 0.4) is 0 Å². The minimum atomic E-state index is -3.91. The van der Waals surface area contributed by atoms with Gasteiger partial charge in [0.1, 0.15) is 22.9 Å². The Morgan fingerprint density at radius 1 is 1.00 bits per heavy atom. The molecule has 0 unspecified atom stereocenters. The van der Waals surface area contributed by atoms with E-state index < -0.39 is 10.0 Å². The van der Waals surface area contributed by atoms with Crippen LogP contribution >= 0.6 is 0 Å². The minimum Gasteiger partial charge on any atom is -0.506 e. The summed E-state index contributed by atoms with van der Waals surface area (Å²) in [7, 11) is -3.91. The fourth-order valence-electron chi connectivity index (χ4n) is 3.77. The van der Waals surface area contributed by atoms with E-state index >= 15 is 0 Å². The molecule has 0 radical (unpaired) electrons. The van der Waals surface area contributed by atoms with Crippen LogP contribution in [0.4, 0.5) is 17.1 Å². The first-order valence-electron chi connectivity index (χ1n) is 8.75. The molecule has 2 aliphatic heterocycles. The Morgan fingerprint density at radius 2 is 1.70 bits per heavy atom. The highest BCUT2D eigenvalue weighted by Gasteiger charge is 2.27. The van der Waals surface area contributed by atoms with Gasteiger partial charge in [-0.1, -0.05) is 0 Å². The fourth-order valence-corrected chi connectivity index (χ4v) is 4.31. The molecule has 0 aromatic heterocycles. The summed E-state index contributed by atoms with van der Waals surface area (Å²) < 4.78 is 22.7. The zero-order chi connectivity index (χ0) is 19.2. The number of azo groups is 1. The zero-order valence-corrected chi connectivity index (χ0v) is 15.4. The Bertz CT molecular complexity index is 1050. The molecule has 142 valence electrons. The first-order chi connectivity index (χ1) is 12.8. The van der Waals surface area contributed by atoms with Crippen LogP contribution in [-0.2, 0) is 22.9 Å². The van der Waals surface area contributed by atoms with Gasteiger partial charge >= 0.3 is 0 Å². The van der Waals surface area contributed by atoms with Crippen molar-refractivity contribution in [2.75, 3.05) is 18.0 Å². The van der Waals surface area contributed by atoms with Gasteiger partial charge in [0.15, 0.2) is 0 Å². The molecule has 0 saturated heterocycles. The smallest absolute Gasteiger partial charge is 0.238 e. The maximum Gasteiger partial charge on any atom is 0.238 e. The molecule has 27 heavy (non-hydrogen) atoms. The number of rotatable bonds is 3. The number of primary sulfonamides is 1. The van der Waals surface area contributed by atoms with E-state index in [1.165, 1.54) is 12.1 Å². The number of phenols is 2. The lowest BCUT2D eigenvalue weighted by Crippen LogP contribution is -2.34. The number of nitrogens with zero attached hydrogens (tertiary/aromatic N) is 3. The highest BCUT2D eigenvalue weighted by atomic mass is 32.2. The van der Waals surface area contributed by atoms with Gasteiger partial charge in [-0.05, 0) is 49.4 Å². The first-order valence-corrected chi connectivity index (χ1v) is 10.3. The standard InChI is InChI=1S/C18H20N4O4S/c19-27(25,26)12-5-6-14(16(23)10-12)20-21-15-9-11-3-1-7-22-8-2-4-13(17(11)22)18(15)24/h5-6,9-10,23-24H,1-4,7-8H2,(H2,19,25,26). The van der Waals surface area contributed by atoms with Gasteiger partial charge < -0.3 is 15.1 Å². The monoisotopic (exact) mass is 388 g/mol. The molecule has 8 nitrogen and oxygen atoms in total. The Morgan fingerprint density at radius 3 is 2.41 bits per heavy atom. The van der Waals surface area contributed by atoms with Crippen molar-refractivity contribution in [2.24, 2.45) is 15.4 Å². The van der Waals surface area contributed by atoms with Crippen LogP contribution < -0.4 is 10.0 Å². The van der Waals surface area contributed by atoms with Crippen molar-refractivity contribution in [2.45, 2.75) is 30.6 Å². The molecule has 0 bridgehead atoms. The molecule has 4 rings (SSSR count). The summed E-state index contributed by atoms with van der Waals surface area (Å²) in [6.07, 6.45) is 3.76. The molecule has 0 fully saturated rings. The van der Waals surface area contributed by atoms with Crippen molar-refractivity contribution in [3.05, 3.63) is 35.4 Å². The first kappa shape index (κ1) is 17.7. The third kappa shape index (κ3) is 3.24. The van der Waals surface area contributed by atoms with E-state index in [-0.39, 0.29) is 22.1 Å². The van der Waals surface area contributed by atoms with E-state index in [2.05, 4.69) is 15.1 Å². The summed E-state index contributed by atoms with van der Waals surface area (Å²) in [5.41, 5.74) is 3.62. The molecule has 4 N–H and O–H groups in total. The zero-order valence-electron chi connectivity index (χ0n) is 14.6. The van der Waals surface area contributed by atoms with E-state index in [1.807, 2.05) is 6.07 Å². The second-order valence-corrected chi connectivity index (χ2v) is 8.38. The number of hydrogen-bond donors (Lipinski definition) is 3. The van der Waals surface area contributed by atoms with Gasteiger partial charge in [0, 0.05) is 30.4 Å². The molecule has 9 heteroatoms. The SMILES string of the molecule is NS(=O)(=O)c1ccc(N=Nc2cc3c4c(c2O)CCCN4CCC3)c(O)c1. The fraction of sp³-hybridized carbons (Fsp3) is 0.333. The lowest BCUT2D eigenvalue weighted by molar-refractivity contribution is 0.463. The van der Waals surface area contributed by atoms with Crippen LogP contribution in [0.5, 0.6) is 11.5 Å². The Hall–Kier alpha value is -2.65. The molecular weight excluding hydrogens is 368 g/mol. The number of hydrogen-bond acceptors (Lipinski definition) is 7. The maximum atomic E-state index is 11.3. The molecule has 0 amide bonds. The minimum absolute atomic E-state index is 0.0924. The van der Waals surface area contributed by atoms with Gasteiger partial charge in [-0.3, -0.25) is 0 Å². The average Bonchev–Trinajstić information content (AvgIpc) is 2.63. The summed E-state index contributed by atoms with van der Waals surface area (Å²) in [5.74, 6) is -0.236. The lowest BCUT2D eigenvalue weighted by Gasteiger charge is -2.37. The summed E-state index contributed by atoms with van der Waals surface area (Å²) in [4.78, 5) is 2.11. The number of anilines is 1. The van der Waals surface area contributed by atoms with Gasteiger partial charge in [0.05, 0.1) is 4.90 Å². The number of aryl methyl sites for hydroxylation is 1. The maximum absolute atomic E-state index is 11.3. The number of benzene rings is 2. The van der Waals surface area contributed by atoms with Crippen molar-refractivity contribution in [3.8, 4) is 11.5 Å². The van der Waals surface area contributed by atoms with Crippen molar-refractivity contribution in [3.63, 3.8) is 0 Å². The summed E-state index contributed by atoms with van der Waals surface area (Å²) >= 11 is 0. The molecule has 0 saturated carbocycles. The molecule has 2 aromatic rings. The van der Waals surface area contributed by atoms with Crippen molar-refractivity contribution in [1.82, 2.24) is 0 Å². The van der Waals surface area contributed by atoms with Crippen molar-refractivity contribution < 1.29 is 18.6 Å². The van der Waals surface area contributed by atoms with Crippen LogP contribution in [0.15, 0.2) is 39.4 Å². The van der Waals surface area contributed by atoms with Crippen molar-refractivity contribution >= 4 is 27.1 Å². The second kappa shape index (κ2) is 6.50. The van der Waals surface area contributed by atoms with E-state index in [1.54, 1.807) is 0 Å². The van der Waals surface area contributed by atoms with Gasteiger partial charge in [-0.25, -0.2) is 13.6 Å². The van der Waals surface area contributed by atoms with Crippen LogP contribution in [0, 0.1) is 0 Å². The van der Waals surface area contributed by atoms with Crippen LogP contribution in [0.25, 0.3) is 0 Å². The average molecular weight is 388 g/mol. The normalized spacial score (nSPS) is 16.6. The topological polar surface area (TPSA) is 129 Å². The van der Waals surface area contributed by atoms with Crippen LogP contribution in [0.1, 0.15) is 24.0 Å². The van der Waals surface area contributed by atoms with E-state index in [9.17, 15) is 18.6 Å². The van der Waals surface area contributed by atoms with E-state index in [0.29, 0.717) is 5.69 Å². The number of phenolic OH excluding ortho intramolecular Hbond substituents is 2. The van der Waals surface area contributed by atoms with E-state index in [0.717, 1.165) is 61.7 Å². The predicted molar refractivity (Wildman–Crippen MR) is 101 cm³/mol. The quantitative estimate of drug-likeness (QED) is 0.696. The Labute approximate surface area is 157 Å². The third-order valence-corrected chi connectivity index (χ3v) is 5.93. The van der Waals surface area contributed by atoms with Gasteiger partial charge in [-0.15, -0.1) is 10.2 Å². The molecule has 2 aliphatic rings. The molecule has 0 spiro atoms. The Kier molecular flexibility index (Phi) is 4.27. The number of nitrogens with two attached hydrogens (primary N) is 1. The Balaban J connectivity index is 1.71. The van der Waals surface area contributed by atoms with Crippen molar-refractivity contribution in [1.29, 1.82) is 0 Å². The largest absolute Gasteiger partial charge is 0.506 e. The summed E-state index contributed by atoms with van der Waals surface area (Å²) in [6.45, 7) is 2.01. The van der Waals surface area contributed by atoms with Gasteiger partial charge in [-0.2, -0.15) is 0 Å². The summed E-state index contributed by atoms with van der Waals surface area (Å²) in [6, 6.07) is 5.43. The number of sulfonamides is 1. The van der Waals surface area contributed by atoms with Gasteiger partial charge in [0.25, 0.3) is 0 Å². The van der Waals surface area contributed by atoms with Gasteiger partial charge in [0.2, 0.25) is 10.0 Å². The highest BCUT2D eigenvalue weighted by Crippen LogP contribution is 2.45. The van der Waals surface area contributed by atoms with Crippen LogP contribution in [0.2, 0.25) is 0 Å². The highest BCUT2D eigenvalue weighted by molar-refractivity contribution is 7.89. The van der Waals surface area contributed by atoms with Crippen LogP contribution in [-0.4, -0.2) is 31.7 Å². The molecule has 2 heterocycles. The molecule has 0 aliphatic carbocycles. The molecule has 0 atom stereocenters. The number of aromatic hydroxyl groups is 2. The second-order valence-electron chi connectivity index (χ2n) is 6.82. The lowest BCUT2D eigenvalue weighted by atomic mass is 9.90. The van der Waals surface area contributed by atoms with E-state index in [4.69, 9.17) is 5.14 Å². The predicted octanol–water partition coefficient (Wildman–Crippen LogP) is 2.86. The summed E-state index contributed by atoms with van der Waals surface area (Å²) in [5, 5.41) is 33.8. The molecular formula is C18H20N4O4S. The molecule has 2 aromatic carbocycles.